The van der Waals surface area contributed by atoms with Gasteiger partial charge in [-0.15, -0.1) is 0 Å². The van der Waals surface area contributed by atoms with E-state index in [2.05, 4.69) is 6.08 Å². The van der Waals surface area contributed by atoms with E-state index in [1.54, 1.807) is 12.1 Å². The third-order valence-electron chi connectivity index (χ3n) is 5.63. The SMILES string of the molecule is CC(C)(Oc1ccc(C2=CCN(C(=O)c3cccc4ccccc34)CC2)cc1)C(=O)O. The average Bonchev–Trinajstić information content (AvgIpc) is 2.78. The Balaban J connectivity index is 1.47. The van der Waals surface area contributed by atoms with Crippen molar-refractivity contribution in [3.05, 3.63) is 83.9 Å². The molecule has 0 radical (unpaired) electrons. The molecular formula is C26H25NO4. The van der Waals surface area contributed by atoms with Gasteiger partial charge in [0.2, 0.25) is 0 Å². The van der Waals surface area contributed by atoms with Crippen molar-refractivity contribution < 1.29 is 19.4 Å². The lowest BCUT2D eigenvalue weighted by Crippen LogP contribution is -2.37. The van der Waals surface area contributed by atoms with Gasteiger partial charge in [0.1, 0.15) is 5.75 Å². The summed E-state index contributed by atoms with van der Waals surface area (Å²) in [6, 6.07) is 21.2. The lowest BCUT2D eigenvalue weighted by Gasteiger charge is -2.27. The van der Waals surface area contributed by atoms with Crippen LogP contribution in [0.5, 0.6) is 5.75 Å². The monoisotopic (exact) mass is 415 g/mol. The Kier molecular flexibility index (Phi) is 5.51. The van der Waals surface area contributed by atoms with Crippen LogP contribution in [0.1, 0.15) is 36.2 Å². The van der Waals surface area contributed by atoms with Gasteiger partial charge in [-0.1, -0.05) is 54.6 Å². The van der Waals surface area contributed by atoms with Crippen LogP contribution in [0, 0.1) is 0 Å². The number of benzene rings is 3. The summed E-state index contributed by atoms with van der Waals surface area (Å²) in [5.74, 6) is -0.449. The van der Waals surface area contributed by atoms with E-state index < -0.39 is 11.6 Å². The molecule has 1 heterocycles. The van der Waals surface area contributed by atoms with Crippen molar-refractivity contribution >= 4 is 28.2 Å². The number of carboxylic acid groups (broad SMARTS) is 1. The fraction of sp³-hybridized carbons (Fsp3) is 0.231. The molecule has 1 N–H and O–H groups in total. The second-order valence-electron chi connectivity index (χ2n) is 8.20. The Morgan fingerprint density at radius 1 is 0.968 bits per heavy atom. The van der Waals surface area contributed by atoms with E-state index in [-0.39, 0.29) is 5.91 Å². The summed E-state index contributed by atoms with van der Waals surface area (Å²) in [6.07, 6.45) is 2.85. The van der Waals surface area contributed by atoms with Crippen LogP contribution in [0.15, 0.2) is 72.8 Å². The van der Waals surface area contributed by atoms with Crippen molar-refractivity contribution in [1.29, 1.82) is 0 Å². The van der Waals surface area contributed by atoms with Crippen LogP contribution in [0.3, 0.4) is 0 Å². The number of nitrogens with zero attached hydrogens (tertiary/aromatic N) is 1. The van der Waals surface area contributed by atoms with Gasteiger partial charge in [-0.25, -0.2) is 4.79 Å². The van der Waals surface area contributed by atoms with E-state index >= 15 is 0 Å². The highest BCUT2D eigenvalue weighted by molar-refractivity contribution is 6.07. The minimum atomic E-state index is -1.28. The predicted octanol–water partition coefficient (Wildman–Crippen LogP) is 5.01. The fourth-order valence-corrected chi connectivity index (χ4v) is 3.77. The summed E-state index contributed by atoms with van der Waals surface area (Å²) in [5, 5.41) is 11.2. The molecule has 3 aromatic carbocycles. The maximum absolute atomic E-state index is 13.1. The average molecular weight is 415 g/mol. The molecule has 1 amide bonds. The smallest absolute Gasteiger partial charge is 0.347 e. The molecule has 0 spiro atoms. The molecule has 0 atom stereocenters. The van der Waals surface area contributed by atoms with Crippen molar-refractivity contribution in [2.75, 3.05) is 13.1 Å². The summed E-state index contributed by atoms with van der Waals surface area (Å²) in [7, 11) is 0. The largest absolute Gasteiger partial charge is 0.478 e. The number of fused-ring (bicyclic) bond motifs is 1. The lowest BCUT2D eigenvalue weighted by molar-refractivity contribution is -0.152. The number of carbonyl (C=O) groups excluding carboxylic acids is 1. The predicted molar refractivity (Wildman–Crippen MR) is 121 cm³/mol. The van der Waals surface area contributed by atoms with Crippen LogP contribution < -0.4 is 4.74 Å². The van der Waals surface area contributed by atoms with Gasteiger partial charge in [-0.3, -0.25) is 4.79 Å². The Morgan fingerprint density at radius 2 is 1.68 bits per heavy atom. The molecule has 0 aliphatic carbocycles. The fourth-order valence-electron chi connectivity index (χ4n) is 3.77. The van der Waals surface area contributed by atoms with Gasteiger partial charge in [0.25, 0.3) is 5.91 Å². The van der Waals surface area contributed by atoms with Gasteiger partial charge < -0.3 is 14.7 Å². The number of carbonyl (C=O) groups is 2. The van der Waals surface area contributed by atoms with E-state index in [1.807, 2.05) is 59.5 Å². The second-order valence-corrected chi connectivity index (χ2v) is 8.20. The third-order valence-corrected chi connectivity index (χ3v) is 5.63. The Labute approximate surface area is 181 Å². The molecule has 31 heavy (non-hydrogen) atoms. The van der Waals surface area contributed by atoms with E-state index in [0.29, 0.717) is 18.8 Å². The quantitative estimate of drug-likeness (QED) is 0.636. The summed E-state index contributed by atoms with van der Waals surface area (Å²) in [6.45, 7) is 4.25. The lowest BCUT2D eigenvalue weighted by atomic mass is 9.98. The first-order valence-electron chi connectivity index (χ1n) is 10.3. The van der Waals surface area contributed by atoms with Gasteiger partial charge in [0.05, 0.1) is 0 Å². The standard InChI is InChI=1S/C26H25NO4/c1-26(2,25(29)30)31-21-12-10-18(11-13-21)19-14-16-27(17-15-19)24(28)23-9-5-7-20-6-3-4-8-22(20)23/h3-14H,15-17H2,1-2H3,(H,29,30). The van der Waals surface area contributed by atoms with Gasteiger partial charge in [-0.2, -0.15) is 0 Å². The van der Waals surface area contributed by atoms with Gasteiger partial charge in [-0.05, 0) is 60.4 Å². The number of carboxylic acids is 1. The molecule has 0 unspecified atom stereocenters. The highest BCUT2D eigenvalue weighted by Crippen LogP contribution is 2.27. The number of hydrogen-bond donors (Lipinski definition) is 1. The number of aliphatic carboxylic acids is 1. The van der Waals surface area contributed by atoms with Crippen molar-refractivity contribution in [3.8, 4) is 5.75 Å². The third kappa shape index (κ3) is 4.31. The van der Waals surface area contributed by atoms with Gasteiger partial charge in [0, 0.05) is 18.7 Å². The van der Waals surface area contributed by atoms with Gasteiger partial charge >= 0.3 is 5.97 Å². The Bertz CT molecular complexity index is 1160. The maximum Gasteiger partial charge on any atom is 0.347 e. The molecule has 0 saturated carbocycles. The molecule has 1 aliphatic rings. The first-order valence-corrected chi connectivity index (χ1v) is 10.3. The van der Waals surface area contributed by atoms with Crippen molar-refractivity contribution in [1.82, 2.24) is 4.90 Å². The zero-order valence-corrected chi connectivity index (χ0v) is 17.7. The zero-order chi connectivity index (χ0) is 22.0. The minimum absolute atomic E-state index is 0.0479. The first-order chi connectivity index (χ1) is 14.8. The molecule has 0 aromatic heterocycles. The molecular weight excluding hydrogens is 390 g/mol. The number of amides is 1. The molecule has 5 heteroatoms. The molecule has 0 saturated heterocycles. The molecule has 4 rings (SSSR count). The number of hydrogen-bond acceptors (Lipinski definition) is 3. The van der Waals surface area contributed by atoms with Crippen molar-refractivity contribution in [2.24, 2.45) is 0 Å². The highest BCUT2D eigenvalue weighted by atomic mass is 16.5. The molecule has 0 fully saturated rings. The molecule has 158 valence electrons. The maximum atomic E-state index is 13.1. The number of rotatable bonds is 5. The van der Waals surface area contributed by atoms with Gasteiger partial charge in [0.15, 0.2) is 5.60 Å². The van der Waals surface area contributed by atoms with Crippen molar-refractivity contribution in [3.63, 3.8) is 0 Å². The molecule has 0 bridgehead atoms. The van der Waals surface area contributed by atoms with E-state index in [1.165, 1.54) is 19.4 Å². The van der Waals surface area contributed by atoms with Crippen LogP contribution in [0.2, 0.25) is 0 Å². The Morgan fingerprint density at radius 3 is 2.35 bits per heavy atom. The summed E-state index contributed by atoms with van der Waals surface area (Å²) in [5.41, 5.74) is 1.68. The van der Waals surface area contributed by atoms with Crippen molar-refractivity contribution in [2.45, 2.75) is 25.9 Å². The van der Waals surface area contributed by atoms with E-state index in [9.17, 15) is 14.7 Å². The van der Waals surface area contributed by atoms with E-state index in [4.69, 9.17) is 4.74 Å². The van der Waals surface area contributed by atoms with Crippen LogP contribution in [-0.2, 0) is 4.79 Å². The van der Waals surface area contributed by atoms with E-state index in [0.717, 1.165) is 28.3 Å². The topological polar surface area (TPSA) is 66.8 Å². The van der Waals surface area contributed by atoms with Crippen LogP contribution >= 0.6 is 0 Å². The summed E-state index contributed by atoms with van der Waals surface area (Å²) >= 11 is 0. The minimum Gasteiger partial charge on any atom is -0.478 e. The second kappa shape index (κ2) is 8.26. The summed E-state index contributed by atoms with van der Waals surface area (Å²) < 4.78 is 5.57. The Hall–Kier alpha value is -3.60. The number of ether oxygens (including phenoxy) is 1. The first kappa shape index (κ1) is 20.7. The molecule has 1 aliphatic heterocycles. The zero-order valence-electron chi connectivity index (χ0n) is 17.7. The highest BCUT2D eigenvalue weighted by Gasteiger charge is 2.29. The molecule has 3 aromatic rings. The molecule has 5 nitrogen and oxygen atoms in total. The van der Waals surface area contributed by atoms with Crippen LogP contribution in [0.4, 0.5) is 0 Å². The van der Waals surface area contributed by atoms with Crippen LogP contribution in [0.25, 0.3) is 16.3 Å². The van der Waals surface area contributed by atoms with Crippen LogP contribution in [-0.4, -0.2) is 40.6 Å². The normalized spacial score (nSPS) is 14.3. The summed E-state index contributed by atoms with van der Waals surface area (Å²) in [4.78, 5) is 26.2.